The maximum atomic E-state index is 11.4. The van der Waals surface area contributed by atoms with Crippen LogP contribution in [0.2, 0.25) is 0 Å². The van der Waals surface area contributed by atoms with Crippen molar-refractivity contribution in [2.45, 2.75) is 69.7 Å². The number of hydrogen-bond acceptors (Lipinski definition) is 4. The van der Waals surface area contributed by atoms with Gasteiger partial charge < -0.3 is 4.74 Å². The molecular formula is C14H21NO3. The molecule has 2 heterocycles. The Morgan fingerprint density at radius 2 is 2.06 bits per heavy atom. The van der Waals surface area contributed by atoms with E-state index in [9.17, 15) is 4.79 Å². The van der Waals surface area contributed by atoms with Crippen LogP contribution in [0.5, 0.6) is 0 Å². The lowest BCUT2D eigenvalue weighted by Gasteiger charge is -2.51. The Hall–Kier alpha value is -0.870. The third-order valence-electron chi connectivity index (χ3n) is 4.22. The summed E-state index contributed by atoms with van der Waals surface area (Å²) in [6.07, 6.45) is 11.9. The Kier molecular flexibility index (Phi) is 3.16. The van der Waals surface area contributed by atoms with Crippen LogP contribution in [0, 0.1) is 0 Å². The quantitative estimate of drug-likeness (QED) is 0.558. The molecule has 0 spiro atoms. The lowest BCUT2D eigenvalue weighted by atomic mass is 9.88. The van der Waals surface area contributed by atoms with Crippen LogP contribution in [0.3, 0.4) is 0 Å². The fourth-order valence-electron chi connectivity index (χ4n) is 3.42. The topological polar surface area (TPSA) is 38.8 Å². The number of nitrogens with zero attached hydrogens (tertiary/aromatic N) is 1. The number of fused-ring (bicyclic) bond motifs is 2. The second kappa shape index (κ2) is 4.67. The number of hydroxylamine groups is 2. The number of carbonyl (C=O) groups is 1. The van der Waals surface area contributed by atoms with Gasteiger partial charge in [-0.15, -0.1) is 5.06 Å². The first-order chi connectivity index (χ1) is 8.70. The van der Waals surface area contributed by atoms with Crippen molar-refractivity contribution >= 4 is 5.97 Å². The molecule has 0 amide bonds. The van der Waals surface area contributed by atoms with E-state index >= 15 is 0 Å². The van der Waals surface area contributed by atoms with Crippen molar-refractivity contribution < 1.29 is 14.4 Å². The standard InChI is InChI=1S/C14H21NO3/c1-11(16)17-14(9-3-2-4-10-14)15-12-5-7-13(18-15)8-6-12/h5,7,12-13H,2-4,6,8-10H2,1H3. The predicted molar refractivity (Wildman–Crippen MR) is 66.5 cm³/mol. The van der Waals surface area contributed by atoms with Gasteiger partial charge in [-0.1, -0.05) is 18.6 Å². The van der Waals surface area contributed by atoms with Crippen molar-refractivity contribution in [1.29, 1.82) is 0 Å². The normalized spacial score (nSPS) is 34.5. The second-order valence-corrected chi connectivity index (χ2v) is 5.60. The summed E-state index contributed by atoms with van der Waals surface area (Å²) < 4.78 is 5.70. The summed E-state index contributed by atoms with van der Waals surface area (Å²) in [5.74, 6) is -0.203. The molecule has 1 saturated heterocycles. The molecule has 0 aromatic carbocycles. The lowest BCUT2D eigenvalue weighted by Crippen LogP contribution is -2.60. The van der Waals surface area contributed by atoms with E-state index in [2.05, 4.69) is 12.2 Å². The zero-order valence-corrected chi connectivity index (χ0v) is 10.9. The van der Waals surface area contributed by atoms with Crippen molar-refractivity contribution in [2.24, 2.45) is 0 Å². The average Bonchev–Trinajstić information content (AvgIpc) is 2.40. The summed E-state index contributed by atoms with van der Waals surface area (Å²) in [5.41, 5.74) is -0.516. The average molecular weight is 251 g/mol. The van der Waals surface area contributed by atoms with Gasteiger partial charge in [0.1, 0.15) is 0 Å². The van der Waals surface area contributed by atoms with Gasteiger partial charge in [0, 0.05) is 19.8 Å². The monoisotopic (exact) mass is 251 g/mol. The summed E-state index contributed by atoms with van der Waals surface area (Å²) in [7, 11) is 0. The lowest BCUT2D eigenvalue weighted by molar-refractivity contribution is -0.349. The SMILES string of the molecule is CC(=O)OC1(N2OC3C=CC2CC3)CCCCC1. The smallest absolute Gasteiger partial charge is 0.304 e. The summed E-state index contributed by atoms with van der Waals surface area (Å²) in [4.78, 5) is 17.4. The minimum Gasteiger partial charge on any atom is -0.442 e. The fraction of sp³-hybridized carbons (Fsp3) is 0.786. The third-order valence-corrected chi connectivity index (χ3v) is 4.22. The van der Waals surface area contributed by atoms with Crippen LogP contribution in [0.15, 0.2) is 12.2 Å². The molecule has 4 rings (SSSR count). The highest BCUT2D eigenvalue weighted by Gasteiger charge is 2.48. The van der Waals surface area contributed by atoms with Gasteiger partial charge in [0.05, 0.1) is 12.1 Å². The van der Waals surface area contributed by atoms with Crippen molar-refractivity contribution in [3.05, 3.63) is 12.2 Å². The molecule has 4 heteroatoms. The van der Waals surface area contributed by atoms with E-state index in [-0.39, 0.29) is 18.1 Å². The summed E-state index contributed by atoms with van der Waals surface area (Å²) in [6, 6.07) is 0.271. The molecule has 2 unspecified atom stereocenters. The number of carbonyl (C=O) groups excluding carboxylic acids is 1. The molecule has 100 valence electrons. The second-order valence-electron chi connectivity index (χ2n) is 5.60. The molecule has 0 aromatic rings. The molecule has 4 aliphatic rings. The van der Waals surface area contributed by atoms with Crippen LogP contribution in [0.1, 0.15) is 51.9 Å². The van der Waals surface area contributed by atoms with Crippen LogP contribution < -0.4 is 0 Å². The van der Waals surface area contributed by atoms with Gasteiger partial charge >= 0.3 is 5.97 Å². The van der Waals surface area contributed by atoms with E-state index in [1.54, 1.807) is 0 Å². The number of esters is 1. The maximum absolute atomic E-state index is 11.4. The summed E-state index contributed by atoms with van der Waals surface area (Å²) >= 11 is 0. The van der Waals surface area contributed by atoms with Crippen LogP contribution >= 0.6 is 0 Å². The number of hydrogen-bond donors (Lipinski definition) is 0. The molecule has 2 fully saturated rings. The molecule has 2 aliphatic heterocycles. The van der Waals surface area contributed by atoms with Crippen LogP contribution in [-0.4, -0.2) is 28.9 Å². The molecule has 18 heavy (non-hydrogen) atoms. The number of ether oxygens (including phenoxy) is 1. The molecule has 2 bridgehead atoms. The van der Waals surface area contributed by atoms with Gasteiger partial charge in [-0.25, -0.2) is 0 Å². The molecule has 1 saturated carbocycles. The van der Waals surface area contributed by atoms with Crippen molar-refractivity contribution in [2.75, 3.05) is 0 Å². The third kappa shape index (κ3) is 2.08. The fourth-order valence-corrected chi connectivity index (χ4v) is 3.42. The van der Waals surface area contributed by atoms with E-state index in [1.807, 2.05) is 5.06 Å². The van der Waals surface area contributed by atoms with E-state index in [0.29, 0.717) is 0 Å². The van der Waals surface area contributed by atoms with Crippen molar-refractivity contribution in [1.82, 2.24) is 5.06 Å². The molecule has 2 atom stereocenters. The minimum atomic E-state index is -0.516. The predicted octanol–water partition coefficient (Wildman–Crippen LogP) is 2.54. The van der Waals surface area contributed by atoms with Crippen LogP contribution in [0.4, 0.5) is 0 Å². The van der Waals surface area contributed by atoms with E-state index < -0.39 is 5.72 Å². The highest BCUT2D eigenvalue weighted by atomic mass is 16.7. The largest absolute Gasteiger partial charge is 0.442 e. The molecule has 2 aliphatic carbocycles. The van der Waals surface area contributed by atoms with Crippen LogP contribution in [0.25, 0.3) is 0 Å². The summed E-state index contributed by atoms with van der Waals surface area (Å²) in [6.45, 7) is 1.49. The van der Waals surface area contributed by atoms with Crippen molar-refractivity contribution in [3.8, 4) is 0 Å². The molecule has 0 N–H and O–H groups in total. The Labute approximate surface area is 108 Å². The molecule has 0 aromatic heterocycles. The van der Waals surface area contributed by atoms with Crippen LogP contribution in [-0.2, 0) is 14.4 Å². The Morgan fingerprint density at radius 1 is 1.28 bits per heavy atom. The van der Waals surface area contributed by atoms with E-state index in [4.69, 9.17) is 9.57 Å². The van der Waals surface area contributed by atoms with Gasteiger partial charge in [0.2, 0.25) is 0 Å². The Morgan fingerprint density at radius 3 is 2.56 bits per heavy atom. The molecule has 4 nitrogen and oxygen atoms in total. The molecular weight excluding hydrogens is 230 g/mol. The van der Waals surface area contributed by atoms with Gasteiger partial charge in [-0.05, 0) is 25.7 Å². The number of rotatable bonds is 2. The first-order valence-electron chi connectivity index (χ1n) is 7.04. The van der Waals surface area contributed by atoms with Gasteiger partial charge in [-0.2, -0.15) is 0 Å². The molecule has 0 radical (unpaired) electrons. The zero-order chi connectivity index (χ0) is 12.6. The van der Waals surface area contributed by atoms with Gasteiger partial charge in [-0.3, -0.25) is 9.63 Å². The zero-order valence-electron chi connectivity index (χ0n) is 10.9. The van der Waals surface area contributed by atoms with E-state index in [1.165, 1.54) is 13.3 Å². The highest BCUT2D eigenvalue weighted by Crippen LogP contribution is 2.41. The van der Waals surface area contributed by atoms with Crippen molar-refractivity contribution in [3.63, 3.8) is 0 Å². The Bertz CT molecular complexity index is 360. The maximum Gasteiger partial charge on any atom is 0.304 e. The first kappa shape index (κ1) is 12.2. The highest BCUT2D eigenvalue weighted by molar-refractivity contribution is 5.66. The van der Waals surface area contributed by atoms with Gasteiger partial charge in [0.15, 0.2) is 5.72 Å². The minimum absolute atomic E-state index is 0.171. The van der Waals surface area contributed by atoms with Gasteiger partial charge in [0.25, 0.3) is 0 Å². The van der Waals surface area contributed by atoms with E-state index in [0.717, 1.165) is 38.5 Å². The first-order valence-corrected chi connectivity index (χ1v) is 7.04. The Balaban J connectivity index is 1.84. The summed E-state index contributed by atoms with van der Waals surface area (Å²) in [5, 5.41) is 1.99.